The Balaban J connectivity index is 1.83. The van der Waals surface area contributed by atoms with Gasteiger partial charge in [-0.25, -0.2) is 4.98 Å². The molecule has 0 spiro atoms. The molecule has 0 fully saturated rings. The predicted octanol–water partition coefficient (Wildman–Crippen LogP) is 3.73. The molecule has 6 nitrogen and oxygen atoms in total. The molecule has 1 heterocycles. The number of aromatic nitrogens is 1. The maximum Gasteiger partial charge on any atom is 0.311 e. The molecule has 27 heavy (non-hydrogen) atoms. The van der Waals surface area contributed by atoms with Crippen LogP contribution in [-0.4, -0.2) is 40.1 Å². The van der Waals surface area contributed by atoms with Gasteiger partial charge in [0.25, 0.3) is 0 Å². The summed E-state index contributed by atoms with van der Waals surface area (Å²) in [4.78, 5) is 29.8. The highest BCUT2D eigenvalue weighted by atomic mass is 32.2. The van der Waals surface area contributed by atoms with E-state index in [1.807, 2.05) is 42.2 Å². The topological polar surface area (TPSA) is 71.5 Å². The van der Waals surface area contributed by atoms with E-state index in [0.717, 1.165) is 12.2 Å². The number of ether oxygens (including phenoxy) is 1. The van der Waals surface area contributed by atoms with E-state index in [1.165, 1.54) is 23.1 Å². The summed E-state index contributed by atoms with van der Waals surface area (Å²) in [6, 6.07) is 9.82. The van der Waals surface area contributed by atoms with Crippen molar-refractivity contribution >= 4 is 62.3 Å². The van der Waals surface area contributed by atoms with Gasteiger partial charge in [-0.05, 0) is 26.0 Å². The molecule has 0 unspecified atom stereocenters. The average Bonchev–Trinajstić information content (AvgIpc) is 3.08. The van der Waals surface area contributed by atoms with Gasteiger partial charge >= 0.3 is 5.97 Å². The minimum absolute atomic E-state index is 0.0988. The van der Waals surface area contributed by atoms with Crippen molar-refractivity contribution in [3.63, 3.8) is 0 Å². The molecule has 1 aromatic carbocycles. The third-order valence-electron chi connectivity index (χ3n) is 3.36. The number of benzene rings is 1. The van der Waals surface area contributed by atoms with Crippen LogP contribution in [0.15, 0.2) is 35.7 Å². The van der Waals surface area contributed by atoms with Crippen molar-refractivity contribution in [1.82, 2.24) is 4.98 Å². The molecule has 0 radical (unpaired) electrons. The highest BCUT2D eigenvalue weighted by molar-refractivity contribution is 8.23. The van der Waals surface area contributed by atoms with E-state index in [1.54, 1.807) is 12.3 Å². The molecule has 0 saturated heterocycles. The molecule has 2 aromatic rings. The van der Waals surface area contributed by atoms with Crippen LogP contribution in [0.3, 0.4) is 0 Å². The Hall–Kier alpha value is -1.97. The summed E-state index contributed by atoms with van der Waals surface area (Å²) in [5, 5.41) is 4.93. The fraction of sp³-hybridized carbons (Fsp3) is 0.333. The van der Waals surface area contributed by atoms with Crippen LogP contribution >= 0.6 is 35.3 Å². The molecule has 0 saturated carbocycles. The first-order valence-corrected chi connectivity index (χ1v) is 10.7. The van der Waals surface area contributed by atoms with Gasteiger partial charge in [-0.15, -0.1) is 11.3 Å². The minimum atomic E-state index is -0.331. The van der Waals surface area contributed by atoms with E-state index >= 15 is 0 Å². The van der Waals surface area contributed by atoms with E-state index in [9.17, 15) is 9.59 Å². The molecule has 0 bridgehead atoms. The van der Waals surface area contributed by atoms with Crippen LogP contribution in [0.4, 0.5) is 10.8 Å². The molecule has 0 atom stereocenters. The Bertz CT molecular complexity index is 780. The number of anilines is 2. The van der Waals surface area contributed by atoms with Crippen LogP contribution in [0.25, 0.3) is 0 Å². The molecule has 2 rings (SSSR count). The molecule has 1 amide bonds. The van der Waals surface area contributed by atoms with Crippen LogP contribution < -0.4 is 10.2 Å². The average molecular weight is 424 g/mol. The Morgan fingerprint density at radius 3 is 2.70 bits per heavy atom. The number of nitrogens with one attached hydrogen (secondary N) is 1. The number of hydrogen-bond acceptors (Lipinski definition) is 7. The van der Waals surface area contributed by atoms with Gasteiger partial charge < -0.3 is 15.0 Å². The number of esters is 1. The van der Waals surface area contributed by atoms with Gasteiger partial charge in [0.15, 0.2) is 5.13 Å². The number of amides is 1. The highest BCUT2D eigenvalue weighted by Crippen LogP contribution is 2.20. The van der Waals surface area contributed by atoms with Crippen molar-refractivity contribution in [3.05, 3.63) is 41.4 Å². The second-order valence-corrected chi connectivity index (χ2v) is 7.78. The highest BCUT2D eigenvalue weighted by Gasteiger charge is 2.14. The summed E-state index contributed by atoms with van der Waals surface area (Å²) in [7, 11) is 0. The third kappa shape index (κ3) is 6.93. The number of thioether (sulfide) groups is 1. The second-order valence-electron chi connectivity index (χ2n) is 5.31. The zero-order valence-electron chi connectivity index (χ0n) is 15.1. The fourth-order valence-corrected chi connectivity index (χ4v) is 4.05. The van der Waals surface area contributed by atoms with Gasteiger partial charge in [0.2, 0.25) is 5.91 Å². The Morgan fingerprint density at radius 2 is 2.04 bits per heavy atom. The second kappa shape index (κ2) is 11.0. The fourth-order valence-electron chi connectivity index (χ4n) is 2.19. The lowest BCUT2D eigenvalue weighted by molar-refractivity contribution is -0.142. The number of carbonyl (C=O) groups is 2. The first kappa shape index (κ1) is 21.3. The zero-order valence-corrected chi connectivity index (χ0v) is 17.6. The minimum Gasteiger partial charge on any atom is -0.466 e. The van der Waals surface area contributed by atoms with Gasteiger partial charge in [0.1, 0.15) is 4.32 Å². The summed E-state index contributed by atoms with van der Waals surface area (Å²) in [6.45, 7) is 4.83. The Kier molecular flexibility index (Phi) is 8.70. The summed E-state index contributed by atoms with van der Waals surface area (Å²) in [5.41, 5.74) is 1.58. The first-order chi connectivity index (χ1) is 13.0. The van der Waals surface area contributed by atoms with Crippen LogP contribution in [0.5, 0.6) is 0 Å². The van der Waals surface area contributed by atoms with Crippen molar-refractivity contribution in [2.75, 3.05) is 29.1 Å². The van der Waals surface area contributed by atoms with Gasteiger partial charge in [-0.3, -0.25) is 9.59 Å². The molecule has 1 N–H and O–H groups in total. The van der Waals surface area contributed by atoms with Crippen molar-refractivity contribution in [2.45, 2.75) is 20.3 Å². The van der Waals surface area contributed by atoms with Crippen LogP contribution in [0, 0.1) is 0 Å². The third-order valence-corrected chi connectivity index (χ3v) is 5.61. The maximum absolute atomic E-state index is 12.2. The Morgan fingerprint density at radius 1 is 1.30 bits per heavy atom. The number of carbonyl (C=O) groups excluding carboxylic acids is 2. The monoisotopic (exact) mass is 423 g/mol. The van der Waals surface area contributed by atoms with Gasteiger partial charge in [0, 0.05) is 17.6 Å². The van der Waals surface area contributed by atoms with Crippen LogP contribution in [-0.2, 0) is 20.7 Å². The Labute approximate surface area is 172 Å². The van der Waals surface area contributed by atoms with Crippen LogP contribution in [0.2, 0.25) is 0 Å². The number of nitrogens with zero attached hydrogens (tertiary/aromatic N) is 2. The van der Waals surface area contributed by atoms with Crippen molar-refractivity contribution in [2.24, 2.45) is 0 Å². The summed E-state index contributed by atoms with van der Waals surface area (Å²) >= 11 is 8.04. The van der Waals surface area contributed by atoms with Crippen molar-refractivity contribution in [3.8, 4) is 0 Å². The standard InChI is InChI=1S/C18H21N3O3S3/c1-3-21(14-8-6-5-7-9-14)18(25)27-12-15(22)20-17-19-13(11-26-17)10-16(23)24-4-2/h5-9,11H,3-4,10,12H2,1-2H3,(H,19,20,22). The van der Waals surface area contributed by atoms with Gasteiger partial charge in [0.05, 0.1) is 24.5 Å². The number of para-hydroxylation sites is 1. The van der Waals surface area contributed by atoms with E-state index in [0.29, 0.717) is 21.8 Å². The molecule has 144 valence electrons. The van der Waals surface area contributed by atoms with E-state index < -0.39 is 0 Å². The summed E-state index contributed by atoms with van der Waals surface area (Å²) in [6.07, 6.45) is 0.0988. The zero-order chi connectivity index (χ0) is 19.6. The first-order valence-electron chi connectivity index (χ1n) is 8.42. The van der Waals surface area contributed by atoms with E-state index in [2.05, 4.69) is 10.3 Å². The van der Waals surface area contributed by atoms with Crippen LogP contribution in [0.1, 0.15) is 19.5 Å². The molecule has 0 aliphatic rings. The lowest BCUT2D eigenvalue weighted by Gasteiger charge is -2.22. The molecular formula is C18H21N3O3S3. The maximum atomic E-state index is 12.2. The lowest BCUT2D eigenvalue weighted by atomic mass is 10.3. The molecule has 9 heteroatoms. The van der Waals surface area contributed by atoms with E-state index in [4.69, 9.17) is 17.0 Å². The lowest BCUT2D eigenvalue weighted by Crippen LogP contribution is -2.28. The molecular weight excluding hydrogens is 402 g/mol. The van der Waals surface area contributed by atoms with Crippen molar-refractivity contribution < 1.29 is 14.3 Å². The molecule has 0 aliphatic heterocycles. The summed E-state index contributed by atoms with van der Waals surface area (Å²) in [5.74, 6) is -0.333. The predicted molar refractivity (Wildman–Crippen MR) is 116 cm³/mol. The smallest absolute Gasteiger partial charge is 0.311 e. The number of thiazole rings is 1. The number of rotatable bonds is 8. The number of thiocarbonyl (C=S) groups is 1. The quantitative estimate of drug-likeness (QED) is 0.512. The van der Waals surface area contributed by atoms with Crippen molar-refractivity contribution in [1.29, 1.82) is 0 Å². The number of hydrogen-bond donors (Lipinski definition) is 1. The molecule has 1 aromatic heterocycles. The summed E-state index contributed by atoms with van der Waals surface area (Å²) < 4.78 is 5.53. The van der Waals surface area contributed by atoms with Gasteiger partial charge in [-0.1, -0.05) is 42.2 Å². The normalized spacial score (nSPS) is 10.3. The SMILES string of the molecule is CCOC(=O)Cc1csc(NC(=O)CSC(=S)N(CC)c2ccccc2)n1. The van der Waals surface area contributed by atoms with Gasteiger partial charge in [-0.2, -0.15) is 0 Å². The molecule has 0 aliphatic carbocycles. The largest absolute Gasteiger partial charge is 0.466 e. The van der Waals surface area contributed by atoms with E-state index in [-0.39, 0.29) is 24.1 Å².